The van der Waals surface area contributed by atoms with Crippen molar-refractivity contribution in [1.29, 1.82) is 0 Å². The van der Waals surface area contributed by atoms with E-state index in [1.165, 1.54) is 0 Å². The zero-order valence-corrected chi connectivity index (χ0v) is 12.3. The van der Waals surface area contributed by atoms with Crippen molar-refractivity contribution in [3.05, 3.63) is 64.7 Å². The fourth-order valence-electron chi connectivity index (χ4n) is 2.24. The van der Waals surface area contributed by atoms with Gasteiger partial charge >= 0.3 is 0 Å². The third kappa shape index (κ3) is 3.41. The number of phenols is 1. The maximum atomic E-state index is 12.4. The molecule has 0 unspecified atom stereocenters. The number of hydrogen-bond acceptors (Lipinski definition) is 3. The molecule has 0 saturated carbocycles. The van der Waals surface area contributed by atoms with E-state index in [0.29, 0.717) is 24.2 Å². The van der Waals surface area contributed by atoms with Gasteiger partial charge in [0.15, 0.2) is 0 Å². The van der Waals surface area contributed by atoms with E-state index in [4.69, 9.17) is 5.73 Å². The van der Waals surface area contributed by atoms with Crippen molar-refractivity contribution in [2.75, 3.05) is 7.05 Å². The molecule has 4 heteroatoms. The minimum atomic E-state index is -0.200. The number of phenolic OH excluding ortho intramolecular Hbond substituents is 1. The third-order valence-electron chi connectivity index (χ3n) is 3.46. The van der Waals surface area contributed by atoms with Gasteiger partial charge in [-0.2, -0.15) is 0 Å². The Balaban J connectivity index is 2.17. The lowest BCUT2D eigenvalue weighted by Crippen LogP contribution is -2.26. The van der Waals surface area contributed by atoms with Crippen LogP contribution in [0.1, 0.15) is 27.0 Å². The van der Waals surface area contributed by atoms with E-state index in [9.17, 15) is 9.90 Å². The second-order valence-corrected chi connectivity index (χ2v) is 5.16. The third-order valence-corrected chi connectivity index (χ3v) is 3.46. The summed E-state index contributed by atoms with van der Waals surface area (Å²) in [5.41, 5.74) is 8.69. The van der Waals surface area contributed by atoms with E-state index in [2.05, 4.69) is 0 Å². The molecule has 0 spiro atoms. The molecule has 2 aromatic carbocycles. The summed E-state index contributed by atoms with van der Waals surface area (Å²) in [7, 11) is 1.72. The monoisotopic (exact) mass is 284 g/mol. The number of benzene rings is 2. The van der Waals surface area contributed by atoms with E-state index in [1.54, 1.807) is 37.1 Å². The van der Waals surface area contributed by atoms with Crippen LogP contribution in [-0.4, -0.2) is 23.0 Å². The van der Waals surface area contributed by atoms with E-state index in [1.807, 2.05) is 24.3 Å². The molecule has 0 fully saturated rings. The number of nitrogens with zero attached hydrogens (tertiary/aromatic N) is 1. The van der Waals surface area contributed by atoms with Crippen LogP contribution in [0.4, 0.5) is 0 Å². The van der Waals surface area contributed by atoms with Crippen molar-refractivity contribution < 1.29 is 9.90 Å². The average Bonchev–Trinajstić information content (AvgIpc) is 2.49. The van der Waals surface area contributed by atoms with Gasteiger partial charge in [0.2, 0.25) is 0 Å². The zero-order chi connectivity index (χ0) is 15.4. The molecule has 0 aliphatic rings. The second-order valence-electron chi connectivity index (χ2n) is 5.16. The average molecular weight is 284 g/mol. The van der Waals surface area contributed by atoms with Crippen molar-refractivity contribution in [1.82, 2.24) is 4.90 Å². The van der Waals surface area contributed by atoms with E-state index >= 15 is 0 Å². The molecule has 0 aliphatic heterocycles. The molecule has 0 atom stereocenters. The van der Waals surface area contributed by atoms with Crippen LogP contribution >= 0.6 is 0 Å². The summed E-state index contributed by atoms with van der Waals surface area (Å²) >= 11 is 0. The van der Waals surface area contributed by atoms with Gasteiger partial charge in [-0.25, -0.2) is 0 Å². The van der Waals surface area contributed by atoms with Gasteiger partial charge in [-0.1, -0.05) is 36.4 Å². The van der Waals surface area contributed by atoms with Gasteiger partial charge in [-0.05, 0) is 29.7 Å². The van der Waals surface area contributed by atoms with Crippen LogP contribution < -0.4 is 5.73 Å². The highest BCUT2D eigenvalue weighted by Crippen LogP contribution is 2.23. The highest BCUT2D eigenvalue weighted by molar-refractivity contribution is 5.97. The molecule has 1 amide bonds. The van der Waals surface area contributed by atoms with Crippen LogP contribution in [-0.2, 0) is 13.1 Å². The molecule has 110 valence electrons. The van der Waals surface area contributed by atoms with E-state index in [0.717, 1.165) is 11.1 Å². The molecular weight excluding hydrogens is 264 g/mol. The summed E-state index contributed by atoms with van der Waals surface area (Å²) in [5, 5.41) is 10.0. The molecule has 0 radical (unpaired) electrons. The van der Waals surface area contributed by atoms with Crippen molar-refractivity contribution in [2.24, 2.45) is 5.73 Å². The Morgan fingerprint density at radius 1 is 1.19 bits per heavy atom. The Bertz CT molecular complexity index is 653. The zero-order valence-electron chi connectivity index (χ0n) is 12.3. The molecular formula is C17H20N2O2. The fourth-order valence-corrected chi connectivity index (χ4v) is 2.24. The summed E-state index contributed by atoms with van der Waals surface area (Å²) in [5.74, 6) is -0.153. The van der Waals surface area contributed by atoms with Crippen LogP contribution in [0.3, 0.4) is 0 Å². The summed E-state index contributed by atoms with van der Waals surface area (Å²) in [6, 6.07) is 13.0. The molecule has 2 rings (SSSR count). The van der Waals surface area contributed by atoms with Gasteiger partial charge in [-0.15, -0.1) is 0 Å². The number of para-hydroxylation sites is 1. The SMILES string of the molecule is Cc1cccc(C(=O)N(C)Cc2cccc(CN)c2)c1O. The highest BCUT2D eigenvalue weighted by atomic mass is 16.3. The van der Waals surface area contributed by atoms with Crippen LogP contribution in [0.2, 0.25) is 0 Å². The maximum absolute atomic E-state index is 12.4. The Labute approximate surface area is 124 Å². The van der Waals surface area contributed by atoms with Crippen LogP contribution in [0.5, 0.6) is 5.75 Å². The first-order valence-electron chi connectivity index (χ1n) is 6.85. The Morgan fingerprint density at radius 2 is 1.86 bits per heavy atom. The molecule has 3 N–H and O–H groups in total. The summed E-state index contributed by atoms with van der Waals surface area (Å²) in [6.45, 7) is 2.72. The summed E-state index contributed by atoms with van der Waals surface area (Å²) in [4.78, 5) is 14.0. The van der Waals surface area contributed by atoms with Crippen molar-refractivity contribution in [3.8, 4) is 5.75 Å². The lowest BCUT2D eigenvalue weighted by molar-refractivity contribution is 0.0782. The largest absolute Gasteiger partial charge is 0.507 e. The summed E-state index contributed by atoms with van der Waals surface area (Å²) in [6.07, 6.45) is 0. The number of rotatable bonds is 4. The maximum Gasteiger partial charge on any atom is 0.257 e. The lowest BCUT2D eigenvalue weighted by Gasteiger charge is -2.19. The smallest absolute Gasteiger partial charge is 0.257 e. The van der Waals surface area contributed by atoms with Crippen molar-refractivity contribution in [3.63, 3.8) is 0 Å². The first kappa shape index (κ1) is 15.1. The first-order valence-corrected chi connectivity index (χ1v) is 6.85. The van der Waals surface area contributed by atoms with Crippen LogP contribution in [0.25, 0.3) is 0 Å². The topological polar surface area (TPSA) is 66.6 Å². The second kappa shape index (κ2) is 6.41. The molecule has 4 nitrogen and oxygen atoms in total. The van der Waals surface area contributed by atoms with Crippen molar-refractivity contribution in [2.45, 2.75) is 20.0 Å². The first-order chi connectivity index (χ1) is 10.0. The van der Waals surface area contributed by atoms with E-state index < -0.39 is 0 Å². The predicted molar refractivity (Wildman–Crippen MR) is 83.0 cm³/mol. The summed E-state index contributed by atoms with van der Waals surface area (Å²) < 4.78 is 0. The van der Waals surface area contributed by atoms with Gasteiger partial charge in [0.05, 0.1) is 5.56 Å². The number of hydrogen-bond donors (Lipinski definition) is 2. The van der Waals surface area contributed by atoms with Gasteiger partial charge in [0.25, 0.3) is 5.91 Å². The molecule has 2 aromatic rings. The van der Waals surface area contributed by atoms with Crippen LogP contribution in [0, 0.1) is 6.92 Å². The number of carbonyl (C=O) groups excluding carboxylic acids is 1. The molecule has 21 heavy (non-hydrogen) atoms. The number of aromatic hydroxyl groups is 1. The lowest BCUT2D eigenvalue weighted by atomic mass is 10.1. The molecule has 0 saturated heterocycles. The molecule has 0 heterocycles. The highest BCUT2D eigenvalue weighted by Gasteiger charge is 2.16. The number of carbonyl (C=O) groups is 1. The van der Waals surface area contributed by atoms with Gasteiger partial charge in [-0.3, -0.25) is 4.79 Å². The molecule has 0 bridgehead atoms. The van der Waals surface area contributed by atoms with Gasteiger partial charge in [0, 0.05) is 20.1 Å². The number of amides is 1. The molecule has 0 aromatic heterocycles. The van der Waals surface area contributed by atoms with E-state index in [-0.39, 0.29) is 11.7 Å². The fraction of sp³-hybridized carbons (Fsp3) is 0.235. The minimum absolute atomic E-state index is 0.0464. The standard InChI is InChI=1S/C17H20N2O2/c1-12-5-3-8-15(16(12)20)17(21)19(2)11-14-7-4-6-13(9-14)10-18/h3-9,20H,10-11,18H2,1-2H3. The Morgan fingerprint density at radius 3 is 2.57 bits per heavy atom. The van der Waals surface area contributed by atoms with Crippen LogP contribution in [0.15, 0.2) is 42.5 Å². The molecule has 0 aliphatic carbocycles. The Kier molecular flexibility index (Phi) is 4.60. The Hall–Kier alpha value is -2.33. The minimum Gasteiger partial charge on any atom is -0.507 e. The number of aryl methyl sites for hydroxylation is 1. The van der Waals surface area contributed by atoms with Crippen molar-refractivity contribution >= 4 is 5.91 Å². The number of nitrogens with two attached hydrogens (primary N) is 1. The quantitative estimate of drug-likeness (QED) is 0.906. The van der Waals surface area contributed by atoms with Gasteiger partial charge < -0.3 is 15.7 Å². The predicted octanol–water partition coefficient (Wildman–Crippen LogP) is 2.43. The van der Waals surface area contributed by atoms with Gasteiger partial charge in [0.1, 0.15) is 5.75 Å². The normalized spacial score (nSPS) is 10.4.